The predicted molar refractivity (Wildman–Crippen MR) is 84.8 cm³/mol. The van der Waals surface area contributed by atoms with Crippen molar-refractivity contribution in [1.29, 1.82) is 0 Å². The van der Waals surface area contributed by atoms with Gasteiger partial charge in [0, 0.05) is 45.3 Å². The minimum atomic E-state index is -3.57. The molecule has 0 spiro atoms. The van der Waals surface area contributed by atoms with Gasteiger partial charge >= 0.3 is 5.97 Å². The number of sulfonamides is 1. The summed E-state index contributed by atoms with van der Waals surface area (Å²) in [6.07, 6.45) is 0. The molecule has 1 N–H and O–H groups in total. The normalized spacial score (nSPS) is 26.9. The highest BCUT2D eigenvalue weighted by atomic mass is 32.2. The Balaban J connectivity index is 1.63. The van der Waals surface area contributed by atoms with Gasteiger partial charge in [-0.3, -0.25) is 9.80 Å². The van der Waals surface area contributed by atoms with Crippen molar-refractivity contribution in [1.82, 2.24) is 14.5 Å². The number of piperazine rings is 3. The van der Waals surface area contributed by atoms with Crippen LogP contribution in [-0.4, -0.2) is 76.6 Å². The first kappa shape index (κ1) is 16.4. The van der Waals surface area contributed by atoms with E-state index in [1.54, 1.807) is 0 Å². The third-order valence-electron chi connectivity index (χ3n) is 4.49. The molecule has 0 radical (unpaired) electrons. The highest BCUT2D eigenvalue weighted by molar-refractivity contribution is 7.89. The maximum Gasteiger partial charge on any atom is 0.337 e. The summed E-state index contributed by atoms with van der Waals surface area (Å²) < 4.78 is 32.0. The van der Waals surface area contributed by atoms with Gasteiger partial charge in [-0.05, 0) is 24.3 Å². The number of carbonyl (C=O) groups excluding carboxylic acids is 1. The Morgan fingerprint density at radius 2 is 1.87 bits per heavy atom. The molecular weight excluding hydrogens is 318 g/mol. The average Bonchev–Trinajstić information content (AvgIpc) is 2.60. The third-order valence-corrected chi connectivity index (χ3v) is 5.93. The molecule has 3 aliphatic heterocycles. The zero-order valence-electron chi connectivity index (χ0n) is 13.1. The van der Waals surface area contributed by atoms with Gasteiger partial charge < -0.3 is 4.74 Å². The SMILES string of the molecule is COC(=O)c1ccc(S(=O)(=O)NCC2CN3CCN2CC3)cc1. The zero-order valence-corrected chi connectivity index (χ0v) is 13.9. The van der Waals surface area contributed by atoms with E-state index in [0.29, 0.717) is 12.1 Å². The highest BCUT2D eigenvalue weighted by Gasteiger charge is 2.32. The second-order valence-electron chi connectivity index (χ2n) is 5.86. The fraction of sp³-hybridized carbons (Fsp3) is 0.533. The molecule has 2 bridgehead atoms. The molecule has 0 aromatic heterocycles. The minimum absolute atomic E-state index is 0.154. The molecule has 3 saturated heterocycles. The van der Waals surface area contributed by atoms with Crippen LogP contribution in [0.4, 0.5) is 0 Å². The average molecular weight is 339 g/mol. The number of rotatable bonds is 5. The number of ether oxygens (including phenoxy) is 1. The summed E-state index contributed by atoms with van der Waals surface area (Å²) in [6.45, 7) is 5.44. The summed E-state index contributed by atoms with van der Waals surface area (Å²) in [5.74, 6) is -0.484. The van der Waals surface area contributed by atoms with Gasteiger partial charge in [0.2, 0.25) is 10.0 Å². The van der Waals surface area contributed by atoms with E-state index in [1.807, 2.05) is 0 Å². The maximum absolute atomic E-state index is 12.4. The first-order chi connectivity index (χ1) is 11.0. The van der Waals surface area contributed by atoms with Crippen LogP contribution < -0.4 is 4.72 Å². The molecule has 1 atom stereocenters. The van der Waals surface area contributed by atoms with Crippen molar-refractivity contribution < 1.29 is 17.9 Å². The van der Waals surface area contributed by atoms with Gasteiger partial charge in [0.25, 0.3) is 0 Å². The van der Waals surface area contributed by atoms with Crippen LogP contribution in [0.15, 0.2) is 29.2 Å². The second kappa shape index (κ2) is 6.56. The number of hydrogen-bond donors (Lipinski definition) is 1. The monoisotopic (exact) mass is 339 g/mol. The van der Waals surface area contributed by atoms with E-state index in [-0.39, 0.29) is 10.9 Å². The van der Waals surface area contributed by atoms with Gasteiger partial charge in [-0.25, -0.2) is 17.9 Å². The molecule has 3 heterocycles. The summed E-state index contributed by atoms with van der Waals surface area (Å²) in [5.41, 5.74) is 0.329. The lowest BCUT2D eigenvalue weighted by molar-refractivity contribution is 0.0158. The van der Waals surface area contributed by atoms with Crippen LogP contribution in [0, 0.1) is 0 Å². The number of hydrogen-bond acceptors (Lipinski definition) is 6. The number of esters is 1. The van der Waals surface area contributed by atoms with Crippen LogP contribution in [0.1, 0.15) is 10.4 Å². The van der Waals surface area contributed by atoms with E-state index in [1.165, 1.54) is 31.4 Å². The summed E-state index contributed by atoms with van der Waals surface area (Å²) in [7, 11) is -2.28. The molecule has 126 valence electrons. The number of fused-ring (bicyclic) bond motifs is 3. The summed E-state index contributed by atoms with van der Waals surface area (Å²) in [6, 6.07) is 5.98. The van der Waals surface area contributed by atoms with Crippen molar-refractivity contribution in [2.24, 2.45) is 0 Å². The molecule has 0 saturated carbocycles. The number of methoxy groups -OCH3 is 1. The maximum atomic E-state index is 12.4. The molecule has 8 heteroatoms. The largest absolute Gasteiger partial charge is 0.465 e. The van der Waals surface area contributed by atoms with Gasteiger partial charge in [-0.2, -0.15) is 0 Å². The van der Waals surface area contributed by atoms with Gasteiger partial charge in [-0.15, -0.1) is 0 Å². The van der Waals surface area contributed by atoms with Crippen LogP contribution in [0.2, 0.25) is 0 Å². The van der Waals surface area contributed by atoms with Crippen LogP contribution in [-0.2, 0) is 14.8 Å². The van der Waals surface area contributed by atoms with Crippen molar-refractivity contribution in [2.45, 2.75) is 10.9 Å². The molecule has 4 rings (SSSR count). The Labute approximate surface area is 136 Å². The molecule has 3 fully saturated rings. The first-order valence-electron chi connectivity index (χ1n) is 7.64. The van der Waals surface area contributed by atoms with E-state index in [2.05, 4.69) is 19.3 Å². The molecule has 23 heavy (non-hydrogen) atoms. The quantitative estimate of drug-likeness (QED) is 0.746. The van der Waals surface area contributed by atoms with E-state index in [0.717, 1.165) is 32.7 Å². The topological polar surface area (TPSA) is 78.9 Å². The van der Waals surface area contributed by atoms with Crippen molar-refractivity contribution in [3.05, 3.63) is 29.8 Å². The van der Waals surface area contributed by atoms with Crippen LogP contribution in [0.5, 0.6) is 0 Å². The van der Waals surface area contributed by atoms with Crippen LogP contribution in [0.3, 0.4) is 0 Å². The molecule has 1 aromatic rings. The van der Waals surface area contributed by atoms with Gasteiger partial charge in [0.15, 0.2) is 0 Å². The van der Waals surface area contributed by atoms with E-state index >= 15 is 0 Å². The molecule has 7 nitrogen and oxygen atoms in total. The first-order valence-corrected chi connectivity index (χ1v) is 9.12. The standard InChI is InChI=1S/C15H21N3O4S/c1-22-15(19)12-2-4-14(5-3-12)23(20,21)16-10-13-11-17-6-8-18(13)9-7-17/h2-5,13,16H,6-11H2,1H3. The fourth-order valence-corrected chi connectivity index (χ4v) is 4.17. The highest BCUT2D eigenvalue weighted by Crippen LogP contribution is 2.16. The Morgan fingerprint density at radius 1 is 1.22 bits per heavy atom. The Kier molecular flexibility index (Phi) is 4.67. The number of nitrogens with zero attached hydrogens (tertiary/aromatic N) is 2. The summed E-state index contributed by atoms with van der Waals surface area (Å²) >= 11 is 0. The zero-order chi connectivity index (χ0) is 16.4. The Morgan fingerprint density at radius 3 is 2.39 bits per heavy atom. The van der Waals surface area contributed by atoms with Crippen molar-refractivity contribution in [3.63, 3.8) is 0 Å². The lowest BCUT2D eigenvalue weighted by atomic mass is 10.1. The minimum Gasteiger partial charge on any atom is -0.465 e. The molecule has 1 aromatic carbocycles. The van der Waals surface area contributed by atoms with Gasteiger partial charge in [0.1, 0.15) is 0 Å². The van der Waals surface area contributed by atoms with Gasteiger partial charge in [0.05, 0.1) is 17.6 Å². The smallest absolute Gasteiger partial charge is 0.337 e. The Bertz CT molecular complexity index is 666. The third kappa shape index (κ3) is 3.55. The Hall–Kier alpha value is -1.48. The molecule has 1 unspecified atom stereocenters. The summed E-state index contributed by atoms with van der Waals surface area (Å²) in [4.78, 5) is 16.2. The lowest BCUT2D eigenvalue weighted by Crippen LogP contribution is -2.63. The van der Waals surface area contributed by atoms with Crippen LogP contribution in [0.25, 0.3) is 0 Å². The molecule has 0 amide bonds. The number of carbonyl (C=O) groups is 1. The number of nitrogens with one attached hydrogen (secondary N) is 1. The number of benzene rings is 1. The summed E-state index contributed by atoms with van der Waals surface area (Å²) in [5, 5.41) is 0. The predicted octanol–water partition coefficient (Wildman–Crippen LogP) is -0.249. The van der Waals surface area contributed by atoms with E-state index in [4.69, 9.17) is 0 Å². The van der Waals surface area contributed by atoms with Crippen molar-refractivity contribution >= 4 is 16.0 Å². The van der Waals surface area contributed by atoms with E-state index in [9.17, 15) is 13.2 Å². The molecular formula is C15H21N3O4S. The van der Waals surface area contributed by atoms with Crippen molar-refractivity contribution in [3.8, 4) is 0 Å². The van der Waals surface area contributed by atoms with Crippen LogP contribution >= 0.6 is 0 Å². The molecule has 0 aliphatic carbocycles. The lowest BCUT2D eigenvalue weighted by Gasteiger charge is -2.47. The second-order valence-corrected chi connectivity index (χ2v) is 7.63. The van der Waals surface area contributed by atoms with E-state index < -0.39 is 16.0 Å². The van der Waals surface area contributed by atoms with Crippen molar-refractivity contribution in [2.75, 3.05) is 46.4 Å². The van der Waals surface area contributed by atoms with Gasteiger partial charge in [-0.1, -0.05) is 0 Å². The molecule has 3 aliphatic rings. The fourth-order valence-electron chi connectivity index (χ4n) is 3.10.